The molecule has 3 aromatic rings. The number of hydrogen-bond acceptors (Lipinski definition) is 5. The van der Waals surface area contributed by atoms with Gasteiger partial charge in [0.1, 0.15) is 5.82 Å². The van der Waals surface area contributed by atoms with E-state index >= 15 is 0 Å². The van der Waals surface area contributed by atoms with Gasteiger partial charge in [-0.05, 0) is 31.2 Å². The van der Waals surface area contributed by atoms with Gasteiger partial charge in [-0.2, -0.15) is 0 Å². The van der Waals surface area contributed by atoms with E-state index in [0.717, 1.165) is 16.6 Å². The Labute approximate surface area is 161 Å². The van der Waals surface area contributed by atoms with Crippen LogP contribution in [0.15, 0.2) is 53.4 Å². The fourth-order valence-corrected chi connectivity index (χ4v) is 3.41. The van der Waals surface area contributed by atoms with Crippen LogP contribution in [0.2, 0.25) is 0 Å². The van der Waals surface area contributed by atoms with Gasteiger partial charge in [-0.1, -0.05) is 29.8 Å². The van der Waals surface area contributed by atoms with E-state index < -0.39 is 28.4 Å². The smallest absolute Gasteiger partial charge is 0.253 e. The number of hydrogen-bond donors (Lipinski definition) is 4. The average Bonchev–Trinajstić information content (AvgIpc) is 3.07. The first-order chi connectivity index (χ1) is 13.3. The molecule has 1 aromatic heterocycles. The molecule has 9 nitrogen and oxygen atoms in total. The minimum absolute atomic E-state index is 0.0554. The van der Waals surface area contributed by atoms with Crippen molar-refractivity contribution in [3.05, 3.63) is 59.9 Å². The lowest BCUT2D eigenvalue weighted by molar-refractivity contribution is -0.128. The molecule has 10 heteroatoms. The van der Waals surface area contributed by atoms with Crippen LogP contribution in [-0.2, 0) is 26.0 Å². The molecule has 0 bridgehead atoms. The summed E-state index contributed by atoms with van der Waals surface area (Å²) in [5.41, 5.74) is 6.85. The number of imidazole rings is 1. The molecular formula is C18H19N5O4S. The number of H-pyrrole nitrogens is 1. The molecule has 3 rings (SSSR count). The van der Waals surface area contributed by atoms with Gasteiger partial charge in [-0.3, -0.25) is 20.4 Å². The zero-order chi connectivity index (χ0) is 20.1. The van der Waals surface area contributed by atoms with Crippen LogP contribution in [0.5, 0.6) is 0 Å². The maximum absolute atomic E-state index is 12.1. The van der Waals surface area contributed by atoms with Crippen LogP contribution in [0.25, 0.3) is 11.0 Å². The first kappa shape index (κ1) is 19.5. The molecule has 0 saturated carbocycles. The molecule has 2 amide bonds. The van der Waals surface area contributed by atoms with Gasteiger partial charge in [0.2, 0.25) is 15.9 Å². The SMILES string of the molecule is Cc1ccc(S(=O)(=O)NCC(=O)NNC(=O)Cc2nc3ccccc3[nH]2)cc1. The van der Waals surface area contributed by atoms with Gasteiger partial charge >= 0.3 is 0 Å². The summed E-state index contributed by atoms with van der Waals surface area (Å²) in [5, 5.41) is 0. The Bertz CT molecular complexity index is 1070. The third-order valence-corrected chi connectivity index (χ3v) is 5.28. The quantitative estimate of drug-likeness (QED) is 0.448. The third-order valence-electron chi connectivity index (χ3n) is 3.86. The van der Waals surface area contributed by atoms with E-state index in [2.05, 4.69) is 25.5 Å². The number of carbonyl (C=O) groups is 2. The molecule has 0 radical (unpaired) electrons. The lowest BCUT2D eigenvalue weighted by atomic mass is 10.2. The number of nitrogens with zero attached hydrogens (tertiary/aromatic N) is 1. The molecule has 28 heavy (non-hydrogen) atoms. The van der Waals surface area contributed by atoms with Crippen molar-refractivity contribution in [3.8, 4) is 0 Å². The van der Waals surface area contributed by atoms with Crippen molar-refractivity contribution in [2.45, 2.75) is 18.2 Å². The van der Waals surface area contributed by atoms with E-state index in [9.17, 15) is 18.0 Å². The molecule has 0 spiro atoms. The summed E-state index contributed by atoms with van der Waals surface area (Å²) >= 11 is 0. The molecule has 0 fully saturated rings. The average molecular weight is 401 g/mol. The number of amides is 2. The van der Waals surface area contributed by atoms with E-state index in [0.29, 0.717) is 5.82 Å². The van der Waals surface area contributed by atoms with Crippen LogP contribution in [0.4, 0.5) is 0 Å². The number of carbonyl (C=O) groups excluding carboxylic acids is 2. The summed E-state index contributed by atoms with van der Waals surface area (Å²) < 4.78 is 26.4. The van der Waals surface area contributed by atoms with Crippen LogP contribution in [0.3, 0.4) is 0 Å². The van der Waals surface area contributed by atoms with Gasteiger partial charge in [-0.15, -0.1) is 0 Å². The van der Waals surface area contributed by atoms with Gasteiger partial charge in [-0.25, -0.2) is 18.1 Å². The molecule has 146 valence electrons. The number of aromatic nitrogens is 2. The van der Waals surface area contributed by atoms with E-state index in [1.54, 1.807) is 12.1 Å². The minimum Gasteiger partial charge on any atom is -0.342 e. The molecule has 2 aromatic carbocycles. The Kier molecular flexibility index (Phi) is 5.71. The van der Waals surface area contributed by atoms with E-state index in [-0.39, 0.29) is 11.3 Å². The van der Waals surface area contributed by atoms with Crippen molar-refractivity contribution in [3.63, 3.8) is 0 Å². The summed E-state index contributed by atoms with van der Waals surface area (Å²) in [5.74, 6) is -0.740. The maximum Gasteiger partial charge on any atom is 0.253 e. The van der Waals surface area contributed by atoms with Gasteiger partial charge in [0.05, 0.1) is 28.9 Å². The topological polar surface area (TPSA) is 133 Å². The summed E-state index contributed by atoms with van der Waals surface area (Å²) in [4.78, 5) is 31.0. The fourth-order valence-electron chi connectivity index (χ4n) is 2.43. The Morgan fingerprint density at radius 1 is 1.00 bits per heavy atom. The summed E-state index contributed by atoms with van der Waals surface area (Å²) in [6, 6.07) is 13.6. The first-order valence-electron chi connectivity index (χ1n) is 8.41. The largest absolute Gasteiger partial charge is 0.342 e. The highest BCUT2D eigenvalue weighted by Gasteiger charge is 2.15. The molecule has 0 saturated heterocycles. The highest BCUT2D eigenvalue weighted by Crippen LogP contribution is 2.10. The predicted octanol–water partition coefficient (Wildman–Crippen LogP) is 0.540. The molecule has 0 aliphatic rings. The number of nitrogens with one attached hydrogen (secondary N) is 4. The predicted molar refractivity (Wildman–Crippen MR) is 102 cm³/mol. The van der Waals surface area contributed by atoms with E-state index in [1.165, 1.54) is 12.1 Å². The van der Waals surface area contributed by atoms with Gasteiger partial charge in [0.25, 0.3) is 5.91 Å². The Morgan fingerprint density at radius 3 is 2.39 bits per heavy atom. The Hall–Kier alpha value is -3.24. The number of benzene rings is 2. The second-order valence-electron chi connectivity index (χ2n) is 6.11. The summed E-state index contributed by atoms with van der Waals surface area (Å²) in [6.07, 6.45) is -0.0654. The number of aromatic amines is 1. The van der Waals surface area contributed by atoms with Crippen molar-refractivity contribution >= 4 is 32.9 Å². The normalized spacial score (nSPS) is 11.3. The summed E-state index contributed by atoms with van der Waals surface area (Å²) in [6.45, 7) is 1.33. The Balaban J connectivity index is 1.47. The third kappa shape index (κ3) is 4.93. The number of para-hydroxylation sites is 2. The van der Waals surface area contributed by atoms with E-state index in [1.807, 2.05) is 31.2 Å². The first-order valence-corrected chi connectivity index (χ1v) is 9.89. The number of fused-ring (bicyclic) bond motifs is 1. The number of sulfonamides is 1. The number of rotatable bonds is 6. The molecule has 0 aliphatic carbocycles. The van der Waals surface area contributed by atoms with Crippen molar-refractivity contribution in [1.82, 2.24) is 25.5 Å². The van der Waals surface area contributed by atoms with Gasteiger partial charge in [0.15, 0.2) is 0 Å². The van der Waals surface area contributed by atoms with E-state index in [4.69, 9.17) is 0 Å². The molecule has 4 N–H and O–H groups in total. The van der Waals surface area contributed by atoms with Crippen molar-refractivity contribution in [1.29, 1.82) is 0 Å². The Morgan fingerprint density at radius 2 is 1.68 bits per heavy atom. The van der Waals surface area contributed by atoms with Crippen molar-refractivity contribution < 1.29 is 18.0 Å². The highest BCUT2D eigenvalue weighted by molar-refractivity contribution is 7.89. The molecule has 1 heterocycles. The van der Waals surface area contributed by atoms with Crippen LogP contribution in [0, 0.1) is 6.92 Å². The maximum atomic E-state index is 12.1. The fraction of sp³-hybridized carbons (Fsp3) is 0.167. The minimum atomic E-state index is -3.81. The standard InChI is InChI=1S/C18H19N5O4S/c1-12-6-8-13(9-7-12)28(26,27)19-11-18(25)23-22-17(24)10-16-20-14-4-2-3-5-15(14)21-16/h2-9,19H,10-11H2,1H3,(H,20,21)(H,22,24)(H,23,25). The lowest BCUT2D eigenvalue weighted by Crippen LogP contribution is -2.46. The van der Waals surface area contributed by atoms with Crippen LogP contribution in [0.1, 0.15) is 11.4 Å². The van der Waals surface area contributed by atoms with Crippen molar-refractivity contribution in [2.75, 3.05) is 6.54 Å². The van der Waals surface area contributed by atoms with Crippen LogP contribution < -0.4 is 15.6 Å². The van der Waals surface area contributed by atoms with Gasteiger partial charge in [0, 0.05) is 0 Å². The highest BCUT2D eigenvalue weighted by atomic mass is 32.2. The van der Waals surface area contributed by atoms with Crippen molar-refractivity contribution in [2.24, 2.45) is 0 Å². The second kappa shape index (κ2) is 8.19. The van der Waals surface area contributed by atoms with Crippen LogP contribution in [-0.4, -0.2) is 36.7 Å². The second-order valence-corrected chi connectivity index (χ2v) is 7.88. The molecule has 0 aliphatic heterocycles. The zero-order valence-electron chi connectivity index (χ0n) is 15.0. The van der Waals surface area contributed by atoms with Gasteiger partial charge < -0.3 is 4.98 Å². The lowest BCUT2D eigenvalue weighted by Gasteiger charge is -2.09. The number of hydrazine groups is 1. The summed E-state index contributed by atoms with van der Waals surface area (Å²) in [7, 11) is -3.81. The molecule has 0 unspecified atom stereocenters. The molecular weight excluding hydrogens is 382 g/mol. The van der Waals surface area contributed by atoms with Crippen LogP contribution >= 0.6 is 0 Å². The number of aryl methyl sites for hydroxylation is 1. The monoisotopic (exact) mass is 401 g/mol. The zero-order valence-corrected chi connectivity index (χ0v) is 15.8. The molecule has 0 atom stereocenters.